The molecule has 3 N–H and O–H groups in total. The summed E-state index contributed by atoms with van der Waals surface area (Å²) in [4.78, 5) is 13.6. The second-order valence-corrected chi connectivity index (χ2v) is 14.8. The van der Waals surface area contributed by atoms with Gasteiger partial charge >= 0.3 is 6.61 Å². The van der Waals surface area contributed by atoms with Gasteiger partial charge < -0.3 is 30.2 Å². The van der Waals surface area contributed by atoms with Gasteiger partial charge in [0.05, 0.1) is 17.6 Å². The van der Waals surface area contributed by atoms with Gasteiger partial charge in [0.25, 0.3) is 0 Å². The molecule has 5 rings (SSSR count). The van der Waals surface area contributed by atoms with Crippen LogP contribution in [0.25, 0.3) is 0 Å². The molecule has 9 nitrogen and oxygen atoms in total. The first-order valence-corrected chi connectivity index (χ1v) is 17.6. The highest BCUT2D eigenvalue weighted by molar-refractivity contribution is 7.70. The number of alkyl halides is 2. The Kier molecular flexibility index (Phi) is 10.1. The molecule has 2 aliphatic heterocycles. The lowest BCUT2D eigenvalue weighted by atomic mass is 9.99. The lowest BCUT2D eigenvalue weighted by molar-refractivity contribution is -0.0493. The molecule has 2 aromatic carbocycles. The molecule has 3 aromatic rings. The number of aromatic nitrogens is 2. The van der Waals surface area contributed by atoms with Gasteiger partial charge in [-0.25, -0.2) is 4.98 Å². The predicted octanol–water partition coefficient (Wildman–Crippen LogP) is 5.90. The van der Waals surface area contributed by atoms with Gasteiger partial charge in [-0.1, -0.05) is 30.7 Å². The van der Waals surface area contributed by atoms with Crippen LogP contribution in [0.5, 0.6) is 5.75 Å². The van der Waals surface area contributed by atoms with E-state index in [-0.39, 0.29) is 22.5 Å². The minimum Gasteiger partial charge on any atom is -0.433 e. The Morgan fingerprint density at radius 3 is 2.49 bits per heavy atom. The molecule has 232 valence electrons. The van der Waals surface area contributed by atoms with Gasteiger partial charge in [0, 0.05) is 62.4 Å². The molecule has 1 aromatic heterocycles. The van der Waals surface area contributed by atoms with Crippen LogP contribution in [0.2, 0.25) is 5.02 Å². The number of benzene rings is 2. The van der Waals surface area contributed by atoms with E-state index < -0.39 is 13.8 Å². The Hall–Kier alpha value is -2.98. The highest BCUT2D eigenvalue weighted by atomic mass is 35.5. The van der Waals surface area contributed by atoms with Gasteiger partial charge in [0.15, 0.2) is 11.6 Å². The van der Waals surface area contributed by atoms with E-state index in [4.69, 9.17) is 16.3 Å². The van der Waals surface area contributed by atoms with Crippen LogP contribution in [0, 0.1) is 0 Å². The van der Waals surface area contributed by atoms with Crippen molar-refractivity contribution in [1.29, 1.82) is 0 Å². The second kappa shape index (κ2) is 13.8. The van der Waals surface area contributed by atoms with Crippen molar-refractivity contribution in [1.82, 2.24) is 20.2 Å². The minimum atomic E-state index is -3.00. The van der Waals surface area contributed by atoms with Gasteiger partial charge in [-0.3, -0.25) is 4.90 Å². The van der Waals surface area contributed by atoms with Crippen LogP contribution in [-0.4, -0.2) is 80.1 Å². The summed E-state index contributed by atoms with van der Waals surface area (Å²) in [6, 6.07) is 11.3. The minimum absolute atomic E-state index is 0.0164. The maximum absolute atomic E-state index is 13.6. The lowest BCUT2D eigenvalue weighted by Gasteiger charge is -2.41. The summed E-state index contributed by atoms with van der Waals surface area (Å²) in [6.45, 7) is 8.28. The zero-order valence-electron chi connectivity index (χ0n) is 24.7. The highest BCUT2D eigenvalue weighted by Gasteiger charge is 2.27. The van der Waals surface area contributed by atoms with Crippen molar-refractivity contribution < 1.29 is 18.1 Å². The fourth-order valence-electron chi connectivity index (χ4n) is 5.81. The molecule has 0 atom stereocenters. The monoisotopic (exact) mass is 633 g/mol. The van der Waals surface area contributed by atoms with Gasteiger partial charge in [0.1, 0.15) is 12.2 Å². The molecule has 0 bridgehead atoms. The molecule has 13 heteroatoms. The van der Waals surface area contributed by atoms with Crippen LogP contribution in [0.3, 0.4) is 0 Å². The Balaban J connectivity index is 1.39. The Morgan fingerprint density at radius 1 is 1.09 bits per heavy atom. The normalized spacial score (nSPS) is 16.9. The number of hydrogen-bond donors (Lipinski definition) is 3. The van der Waals surface area contributed by atoms with Crippen LogP contribution in [0.4, 0.5) is 37.6 Å². The summed E-state index contributed by atoms with van der Waals surface area (Å²) in [7, 11) is -2.59. The SMILES string of the molecule is CCc1cc(Nc2ncc(Cl)c(Nc3ccccc3P(C)(C)=O)n2)c(OC(F)F)cc1N1CCC(N2CCNCC2)CC1. The third-order valence-corrected chi connectivity index (χ3v) is 9.81. The van der Waals surface area contributed by atoms with Crippen LogP contribution in [0.1, 0.15) is 25.3 Å². The van der Waals surface area contributed by atoms with E-state index in [1.807, 2.05) is 25.1 Å². The zero-order chi connectivity index (χ0) is 30.6. The first-order valence-electron chi connectivity index (χ1n) is 14.6. The number of hydrogen-bond acceptors (Lipinski definition) is 9. The smallest absolute Gasteiger partial charge is 0.387 e. The quantitative estimate of drug-likeness (QED) is 0.236. The highest BCUT2D eigenvalue weighted by Crippen LogP contribution is 2.40. The lowest BCUT2D eigenvalue weighted by Crippen LogP contribution is -2.52. The summed E-state index contributed by atoms with van der Waals surface area (Å²) >= 11 is 6.41. The topological polar surface area (TPSA) is 94.6 Å². The van der Waals surface area contributed by atoms with Gasteiger partial charge in [-0.05, 0) is 56.4 Å². The second-order valence-electron chi connectivity index (χ2n) is 11.2. The van der Waals surface area contributed by atoms with Crippen molar-refractivity contribution in [3.8, 4) is 5.75 Å². The fraction of sp³-hybridized carbons (Fsp3) is 0.467. The fourth-order valence-corrected chi connectivity index (χ4v) is 7.11. The maximum Gasteiger partial charge on any atom is 0.387 e. The first kappa shape index (κ1) is 31.4. The third-order valence-electron chi connectivity index (χ3n) is 7.98. The van der Waals surface area contributed by atoms with Crippen molar-refractivity contribution in [3.05, 3.63) is 53.2 Å². The van der Waals surface area contributed by atoms with Crippen molar-refractivity contribution in [3.63, 3.8) is 0 Å². The number of nitrogens with zero attached hydrogens (tertiary/aromatic N) is 4. The van der Waals surface area contributed by atoms with E-state index in [2.05, 4.69) is 35.7 Å². The molecule has 2 saturated heterocycles. The number of halogens is 3. The number of rotatable bonds is 10. The van der Waals surface area contributed by atoms with Crippen LogP contribution < -0.4 is 30.9 Å². The Labute approximate surface area is 256 Å². The molecular weight excluding hydrogens is 595 g/mol. The van der Waals surface area contributed by atoms with Gasteiger partial charge in [0.2, 0.25) is 5.95 Å². The molecule has 0 saturated carbocycles. The molecular formula is C30H39ClF2N7O2P. The largest absolute Gasteiger partial charge is 0.433 e. The predicted molar refractivity (Wildman–Crippen MR) is 171 cm³/mol. The van der Waals surface area contributed by atoms with Crippen molar-refractivity contribution in [2.24, 2.45) is 0 Å². The number of nitrogens with one attached hydrogen (secondary N) is 3. The molecule has 2 aliphatic rings. The average molecular weight is 634 g/mol. The maximum atomic E-state index is 13.6. The van der Waals surface area contributed by atoms with E-state index in [9.17, 15) is 13.3 Å². The molecule has 0 spiro atoms. The summed E-state index contributed by atoms with van der Waals surface area (Å²) in [5.41, 5.74) is 2.86. The van der Waals surface area contributed by atoms with Crippen molar-refractivity contribution >= 4 is 52.9 Å². The van der Waals surface area contributed by atoms with E-state index in [0.29, 0.717) is 29.1 Å². The van der Waals surface area contributed by atoms with E-state index in [0.717, 1.165) is 63.4 Å². The van der Waals surface area contributed by atoms with Gasteiger partial charge in [-0.15, -0.1) is 0 Å². The number of piperazine rings is 1. The van der Waals surface area contributed by atoms with Gasteiger partial charge in [-0.2, -0.15) is 13.8 Å². The summed E-state index contributed by atoms with van der Waals surface area (Å²) in [5, 5.41) is 10.5. The van der Waals surface area contributed by atoms with Crippen LogP contribution >= 0.6 is 18.7 Å². The molecule has 43 heavy (non-hydrogen) atoms. The molecule has 0 aliphatic carbocycles. The molecule has 0 radical (unpaired) electrons. The third kappa shape index (κ3) is 7.76. The molecule has 2 fully saturated rings. The van der Waals surface area contributed by atoms with Crippen LogP contribution in [0.15, 0.2) is 42.6 Å². The molecule has 0 unspecified atom stereocenters. The molecule has 0 amide bonds. The Bertz CT molecular complexity index is 1460. The van der Waals surface area contributed by atoms with E-state index in [1.165, 1.54) is 6.20 Å². The number of piperidine rings is 1. The summed E-state index contributed by atoms with van der Waals surface area (Å²) in [5.74, 6) is 0.449. The number of aryl methyl sites for hydroxylation is 1. The number of para-hydroxylation sites is 1. The number of anilines is 5. The zero-order valence-corrected chi connectivity index (χ0v) is 26.4. The molecule has 3 heterocycles. The van der Waals surface area contributed by atoms with E-state index in [1.54, 1.807) is 31.5 Å². The Morgan fingerprint density at radius 2 is 1.81 bits per heavy atom. The van der Waals surface area contributed by atoms with Crippen molar-refractivity contribution in [2.75, 3.05) is 68.1 Å². The van der Waals surface area contributed by atoms with Crippen LogP contribution in [-0.2, 0) is 11.0 Å². The van der Waals surface area contributed by atoms with E-state index >= 15 is 0 Å². The first-order chi connectivity index (χ1) is 20.6. The standard InChI is InChI=1S/C30H39ClF2N7O2P/c1-4-20-17-24(37-30-35-19-22(31)28(38-30)36-23-7-5-6-8-27(23)43(2,3)41)26(42-29(32)33)18-25(20)40-13-9-21(10-14-40)39-15-11-34-12-16-39/h5-8,17-19,21,29,34H,4,9-16H2,1-3H3,(H2,35,36,37,38). The van der Waals surface area contributed by atoms with Crippen molar-refractivity contribution in [2.45, 2.75) is 38.8 Å². The summed E-state index contributed by atoms with van der Waals surface area (Å²) < 4.78 is 45.0. The summed E-state index contributed by atoms with van der Waals surface area (Å²) in [6.07, 6.45) is 4.18. The number of ether oxygens (including phenoxy) is 1. The average Bonchev–Trinajstić information content (AvgIpc) is 2.99.